The Balaban J connectivity index is 1.83. The monoisotopic (exact) mass is 372 g/mol. The van der Waals surface area contributed by atoms with Crippen molar-refractivity contribution in [3.05, 3.63) is 51.4 Å². The van der Waals surface area contributed by atoms with Gasteiger partial charge in [-0.1, -0.05) is 11.3 Å². The summed E-state index contributed by atoms with van der Waals surface area (Å²) in [6.07, 6.45) is 0. The lowest BCUT2D eigenvalue weighted by Crippen LogP contribution is -2.20. The largest absolute Gasteiger partial charge is 0.451 e. The summed E-state index contributed by atoms with van der Waals surface area (Å²) in [4.78, 5) is 33.3. The number of alkyl halides is 2. The van der Waals surface area contributed by atoms with E-state index in [-0.39, 0.29) is 21.3 Å². The zero-order valence-electron chi connectivity index (χ0n) is 12.3. The average molecular weight is 372 g/mol. The third-order valence-electron chi connectivity index (χ3n) is 2.67. The molecule has 2 aromatic rings. The van der Waals surface area contributed by atoms with Crippen LogP contribution in [-0.2, 0) is 9.53 Å². The lowest BCUT2D eigenvalue weighted by Gasteiger charge is -2.07. The van der Waals surface area contributed by atoms with Crippen LogP contribution in [0.4, 0.5) is 19.5 Å². The molecule has 1 aromatic heterocycles. The van der Waals surface area contributed by atoms with Crippen LogP contribution in [0.3, 0.4) is 0 Å². The maximum absolute atomic E-state index is 12.0. The van der Waals surface area contributed by atoms with Crippen LogP contribution in [0, 0.1) is 10.1 Å². The lowest BCUT2D eigenvalue weighted by molar-refractivity contribution is -0.380. The van der Waals surface area contributed by atoms with Gasteiger partial charge < -0.3 is 14.8 Å². The molecule has 1 N–H and O–H groups in total. The Morgan fingerprint density at radius 2 is 1.88 bits per heavy atom. The molecule has 0 radical (unpaired) electrons. The number of nitrogens with one attached hydrogen (secondary N) is 1. The van der Waals surface area contributed by atoms with Crippen LogP contribution in [-0.4, -0.2) is 30.0 Å². The normalized spacial score (nSPS) is 10.4. The van der Waals surface area contributed by atoms with Crippen LogP contribution in [0.25, 0.3) is 0 Å². The van der Waals surface area contributed by atoms with E-state index in [2.05, 4.69) is 10.1 Å². The second kappa shape index (κ2) is 8.15. The number of halogens is 2. The fourth-order valence-electron chi connectivity index (χ4n) is 1.65. The van der Waals surface area contributed by atoms with Crippen molar-refractivity contribution in [2.45, 2.75) is 6.61 Å². The number of amides is 1. The molecule has 25 heavy (non-hydrogen) atoms. The van der Waals surface area contributed by atoms with E-state index in [4.69, 9.17) is 4.74 Å². The Labute approximate surface area is 143 Å². The minimum atomic E-state index is -2.95. The van der Waals surface area contributed by atoms with Gasteiger partial charge in [0, 0.05) is 11.8 Å². The van der Waals surface area contributed by atoms with Gasteiger partial charge in [-0.25, -0.2) is 4.79 Å². The van der Waals surface area contributed by atoms with Crippen molar-refractivity contribution in [2.75, 3.05) is 11.9 Å². The standard InChI is InChI=1S/C14H10F2N2O6S/c15-14(16)24-9-3-1-8(2-4-9)17-11(19)7-23-13(20)10-5-6-12(25-10)18(21)22/h1-6,14H,7H2,(H,17,19). The molecule has 1 heterocycles. The van der Waals surface area contributed by atoms with Gasteiger partial charge in [0.25, 0.3) is 5.91 Å². The molecule has 2 rings (SSSR count). The first-order valence-corrected chi connectivity index (χ1v) is 7.43. The predicted molar refractivity (Wildman–Crippen MR) is 83.0 cm³/mol. The Morgan fingerprint density at radius 3 is 2.44 bits per heavy atom. The first-order chi connectivity index (χ1) is 11.8. The summed E-state index contributed by atoms with van der Waals surface area (Å²) in [5.74, 6) is -1.60. The lowest BCUT2D eigenvalue weighted by atomic mass is 10.3. The van der Waals surface area contributed by atoms with Gasteiger partial charge in [0.2, 0.25) is 0 Å². The third kappa shape index (κ3) is 5.49. The van der Waals surface area contributed by atoms with E-state index < -0.39 is 30.0 Å². The van der Waals surface area contributed by atoms with Crippen LogP contribution in [0.2, 0.25) is 0 Å². The first kappa shape index (κ1) is 18.3. The highest BCUT2D eigenvalue weighted by Gasteiger charge is 2.17. The molecule has 0 fully saturated rings. The van der Waals surface area contributed by atoms with Gasteiger partial charge in [-0.2, -0.15) is 8.78 Å². The fourth-order valence-corrected chi connectivity index (χ4v) is 2.37. The Morgan fingerprint density at radius 1 is 1.20 bits per heavy atom. The van der Waals surface area contributed by atoms with E-state index in [1.54, 1.807) is 0 Å². The molecule has 0 aliphatic rings. The number of nitro groups is 1. The minimum absolute atomic E-state index is 0.00648. The SMILES string of the molecule is O=C(COC(=O)c1ccc([N+](=O)[O-])s1)Nc1ccc(OC(F)F)cc1. The number of anilines is 1. The van der Waals surface area contributed by atoms with Crippen molar-refractivity contribution in [2.24, 2.45) is 0 Å². The van der Waals surface area contributed by atoms with Crippen molar-refractivity contribution < 1.29 is 32.8 Å². The number of carbonyl (C=O) groups excluding carboxylic acids is 2. The summed E-state index contributed by atoms with van der Waals surface area (Å²) in [7, 11) is 0. The quantitative estimate of drug-likeness (QED) is 0.455. The van der Waals surface area contributed by atoms with Gasteiger partial charge in [0.15, 0.2) is 6.61 Å². The third-order valence-corrected chi connectivity index (χ3v) is 3.69. The van der Waals surface area contributed by atoms with Crippen molar-refractivity contribution in [1.82, 2.24) is 0 Å². The van der Waals surface area contributed by atoms with Gasteiger partial charge >= 0.3 is 17.6 Å². The average Bonchev–Trinajstić information content (AvgIpc) is 3.04. The summed E-state index contributed by atoms with van der Waals surface area (Å²) in [6.45, 7) is -3.56. The summed E-state index contributed by atoms with van der Waals surface area (Å²) >= 11 is 0.631. The van der Waals surface area contributed by atoms with E-state index in [1.165, 1.54) is 30.3 Å². The van der Waals surface area contributed by atoms with Crippen molar-refractivity contribution in [3.63, 3.8) is 0 Å². The van der Waals surface area contributed by atoms with E-state index in [1.807, 2.05) is 0 Å². The van der Waals surface area contributed by atoms with Crippen LogP contribution in [0.1, 0.15) is 9.67 Å². The van der Waals surface area contributed by atoms with Gasteiger partial charge in [0.1, 0.15) is 10.6 Å². The number of benzene rings is 1. The molecule has 1 amide bonds. The molecule has 0 aliphatic heterocycles. The molecule has 0 bridgehead atoms. The Bertz CT molecular complexity index is 778. The van der Waals surface area contributed by atoms with Crippen LogP contribution >= 0.6 is 11.3 Å². The summed E-state index contributed by atoms with van der Waals surface area (Å²) < 4.78 is 32.9. The second-order valence-electron chi connectivity index (χ2n) is 4.42. The van der Waals surface area contributed by atoms with E-state index in [0.717, 1.165) is 6.07 Å². The number of thiophene rings is 1. The first-order valence-electron chi connectivity index (χ1n) is 6.61. The Hall–Kier alpha value is -3.08. The molecular weight excluding hydrogens is 362 g/mol. The molecular formula is C14H10F2N2O6S. The van der Waals surface area contributed by atoms with Gasteiger partial charge in [0.05, 0.1) is 4.92 Å². The number of hydrogen-bond acceptors (Lipinski definition) is 7. The number of ether oxygens (including phenoxy) is 2. The molecule has 0 aliphatic carbocycles. The van der Waals surface area contributed by atoms with Crippen molar-refractivity contribution >= 4 is 33.9 Å². The summed E-state index contributed by atoms with van der Waals surface area (Å²) in [5.41, 5.74) is 0.287. The number of esters is 1. The van der Waals surface area contributed by atoms with Gasteiger partial charge in [-0.3, -0.25) is 14.9 Å². The van der Waals surface area contributed by atoms with E-state index >= 15 is 0 Å². The molecule has 132 valence electrons. The van der Waals surface area contributed by atoms with Crippen molar-refractivity contribution in [3.8, 4) is 5.75 Å². The molecule has 0 unspecified atom stereocenters. The second-order valence-corrected chi connectivity index (χ2v) is 5.48. The number of rotatable bonds is 7. The zero-order chi connectivity index (χ0) is 18.4. The smallest absolute Gasteiger partial charge is 0.387 e. The zero-order valence-corrected chi connectivity index (χ0v) is 13.1. The molecule has 0 saturated heterocycles. The molecule has 0 atom stereocenters. The number of nitrogens with zero attached hydrogens (tertiary/aromatic N) is 1. The molecule has 0 spiro atoms. The minimum Gasteiger partial charge on any atom is -0.451 e. The number of hydrogen-bond donors (Lipinski definition) is 1. The fraction of sp³-hybridized carbons (Fsp3) is 0.143. The predicted octanol–water partition coefficient (Wildman–Crippen LogP) is 3.05. The van der Waals surface area contributed by atoms with Crippen LogP contribution in [0.5, 0.6) is 5.75 Å². The highest BCUT2D eigenvalue weighted by molar-refractivity contribution is 7.17. The van der Waals surface area contributed by atoms with Gasteiger partial charge in [-0.15, -0.1) is 0 Å². The molecule has 1 aromatic carbocycles. The topological polar surface area (TPSA) is 108 Å². The van der Waals surface area contributed by atoms with E-state index in [0.29, 0.717) is 11.3 Å². The summed E-state index contributed by atoms with van der Waals surface area (Å²) in [5, 5.41) is 12.7. The van der Waals surface area contributed by atoms with Crippen molar-refractivity contribution in [1.29, 1.82) is 0 Å². The molecule has 11 heteroatoms. The van der Waals surface area contributed by atoms with E-state index in [9.17, 15) is 28.5 Å². The molecule has 0 saturated carbocycles. The van der Waals surface area contributed by atoms with Crippen LogP contribution < -0.4 is 10.1 Å². The summed E-state index contributed by atoms with van der Waals surface area (Å²) in [6, 6.07) is 7.52. The highest BCUT2D eigenvalue weighted by Crippen LogP contribution is 2.24. The maximum atomic E-state index is 12.0. The maximum Gasteiger partial charge on any atom is 0.387 e. The molecule has 8 nitrogen and oxygen atoms in total. The van der Waals surface area contributed by atoms with Crippen LogP contribution in [0.15, 0.2) is 36.4 Å². The van der Waals surface area contributed by atoms with Gasteiger partial charge in [-0.05, 0) is 30.3 Å². The Kier molecular flexibility index (Phi) is 5.95. The number of carbonyl (C=O) groups is 2. The highest BCUT2D eigenvalue weighted by atomic mass is 32.1.